The molecule has 0 saturated heterocycles. The van der Waals surface area contributed by atoms with Crippen LogP contribution in [0.25, 0.3) is 0 Å². The summed E-state index contributed by atoms with van der Waals surface area (Å²) in [6.45, 7) is 9.63. The summed E-state index contributed by atoms with van der Waals surface area (Å²) in [4.78, 5) is 0. The molecule has 0 amide bonds. The quantitative estimate of drug-likeness (QED) is 0.779. The van der Waals surface area contributed by atoms with E-state index < -0.39 is 8.80 Å². The van der Waals surface area contributed by atoms with Crippen LogP contribution in [0.15, 0.2) is 24.3 Å². The average Bonchev–Trinajstić information content (AvgIpc) is 2.20. The van der Waals surface area contributed by atoms with E-state index in [1.54, 1.807) is 5.19 Å². The van der Waals surface area contributed by atoms with Crippen molar-refractivity contribution in [2.75, 3.05) is 6.61 Å². The number of rotatable bonds is 5. The van der Waals surface area contributed by atoms with Crippen LogP contribution in [0.1, 0.15) is 33.3 Å². The van der Waals surface area contributed by atoms with Crippen molar-refractivity contribution < 1.29 is 5.11 Å². The smallest absolute Gasteiger partial charge is 0.0758 e. The lowest BCUT2D eigenvalue weighted by Crippen LogP contribution is -2.35. The molecule has 1 nitrogen and oxygen atoms in total. The molecular weight excluding hydrogens is 212 g/mol. The van der Waals surface area contributed by atoms with Crippen molar-refractivity contribution in [3.8, 4) is 0 Å². The second kappa shape index (κ2) is 6.21. The highest BCUT2D eigenvalue weighted by Gasteiger charge is 2.21. The molecule has 0 unspecified atom stereocenters. The minimum atomic E-state index is -0.842. The molecule has 1 rings (SSSR count). The SMILES string of the molecule is CC(C)[SiH](c1ccc(CCO)cc1)C(C)C. The molecule has 1 N–H and O–H groups in total. The van der Waals surface area contributed by atoms with Crippen LogP contribution in [-0.4, -0.2) is 20.5 Å². The average molecular weight is 236 g/mol. The van der Waals surface area contributed by atoms with Gasteiger partial charge in [-0.15, -0.1) is 0 Å². The molecular formula is C14H24OSi. The third-order valence-electron chi connectivity index (χ3n) is 3.20. The van der Waals surface area contributed by atoms with Gasteiger partial charge in [-0.25, -0.2) is 0 Å². The van der Waals surface area contributed by atoms with Crippen molar-refractivity contribution in [3.05, 3.63) is 29.8 Å². The molecule has 0 fully saturated rings. The van der Waals surface area contributed by atoms with Gasteiger partial charge in [-0.2, -0.15) is 0 Å². The first-order valence-corrected chi connectivity index (χ1v) is 8.17. The Hall–Kier alpha value is -0.603. The number of hydrogen-bond acceptors (Lipinski definition) is 1. The van der Waals surface area contributed by atoms with E-state index in [4.69, 9.17) is 5.11 Å². The lowest BCUT2D eigenvalue weighted by atomic mass is 10.2. The minimum absolute atomic E-state index is 0.245. The number of benzene rings is 1. The predicted molar refractivity (Wildman–Crippen MR) is 74.2 cm³/mol. The summed E-state index contributed by atoms with van der Waals surface area (Å²) in [6.07, 6.45) is 0.774. The van der Waals surface area contributed by atoms with E-state index >= 15 is 0 Å². The van der Waals surface area contributed by atoms with E-state index in [0.717, 1.165) is 17.5 Å². The maximum atomic E-state index is 8.88. The number of hydrogen-bond donors (Lipinski definition) is 1. The molecule has 0 atom stereocenters. The lowest BCUT2D eigenvalue weighted by Gasteiger charge is -2.23. The third-order valence-corrected chi connectivity index (χ3v) is 7.23. The largest absolute Gasteiger partial charge is 0.396 e. The standard InChI is InChI=1S/C14H24OSi/c1-11(2)16(12(3)4)14-7-5-13(6-8-14)9-10-15/h5-8,11-12,15-16H,9-10H2,1-4H3. The Morgan fingerprint density at radius 3 is 1.88 bits per heavy atom. The van der Waals surface area contributed by atoms with Gasteiger partial charge in [0.1, 0.15) is 0 Å². The molecule has 90 valence electrons. The molecule has 0 aliphatic heterocycles. The van der Waals surface area contributed by atoms with Crippen LogP contribution >= 0.6 is 0 Å². The molecule has 0 aliphatic carbocycles. The summed E-state index contributed by atoms with van der Waals surface area (Å²) in [5.74, 6) is 0. The van der Waals surface area contributed by atoms with E-state index in [0.29, 0.717) is 0 Å². The molecule has 16 heavy (non-hydrogen) atoms. The van der Waals surface area contributed by atoms with Gasteiger partial charge in [-0.05, 0) is 23.1 Å². The zero-order valence-electron chi connectivity index (χ0n) is 10.9. The molecule has 0 radical (unpaired) electrons. The number of aliphatic hydroxyl groups is 1. The first-order chi connectivity index (χ1) is 7.56. The van der Waals surface area contributed by atoms with Crippen LogP contribution in [-0.2, 0) is 6.42 Å². The maximum Gasteiger partial charge on any atom is 0.0758 e. The Balaban J connectivity index is 2.85. The number of aliphatic hydroxyl groups excluding tert-OH is 1. The highest BCUT2D eigenvalue weighted by molar-refractivity contribution is 6.75. The maximum absolute atomic E-state index is 8.88. The lowest BCUT2D eigenvalue weighted by molar-refractivity contribution is 0.299. The fourth-order valence-electron chi connectivity index (χ4n) is 2.58. The van der Waals surface area contributed by atoms with Gasteiger partial charge in [0, 0.05) is 6.61 Å². The zero-order chi connectivity index (χ0) is 12.1. The molecule has 0 aliphatic rings. The Kier molecular flexibility index (Phi) is 5.23. The molecule has 0 spiro atoms. The van der Waals surface area contributed by atoms with Crippen LogP contribution in [0.4, 0.5) is 0 Å². The van der Waals surface area contributed by atoms with Crippen molar-refractivity contribution in [2.24, 2.45) is 0 Å². The van der Waals surface area contributed by atoms with Crippen LogP contribution in [0.5, 0.6) is 0 Å². The van der Waals surface area contributed by atoms with Gasteiger partial charge in [0.2, 0.25) is 0 Å². The molecule has 1 aromatic rings. The normalized spacial score (nSPS) is 11.8. The molecule has 2 heteroatoms. The molecule has 0 aromatic heterocycles. The predicted octanol–water partition coefficient (Wildman–Crippen LogP) is 2.48. The van der Waals surface area contributed by atoms with Gasteiger partial charge in [-0.1, -0.05) is 57.1 Å². The van der Waals surface area contributed by atoms with Gasteiger partial charge in [0.15, 0.2) is 0 Å². The van der Waals surface area contributed by atoms with Crippen LogP contribution < -0.4 is 5.19 Å². The Morgan fingerprint density at radius 1 is 1.00 bits per heavy atom. The van der Waals surface area contributed by atoms with Crippen LogP contribution in [0, 0.1) is 0 Å². The second-order valence-electron chi connectivity index (χ2n) is 5.23. The van der Waals surface area contributed by atoms with Gasteiger partial charge < -0.3 is 5.11 Å². The Labute approximate surface area is 101 Å². The van der Waals surface area contributed by atoms with Crippen molar-refractivity contribution in [3.63, 3.8) is 0 Å². The minimum Gasteiger partial charge on any atom is -0.396 e. The van der Waals surface area contributed by atoms with Crippen LogP contribution in [0.2, 0.25) is 11.1 Å². The highest BCUT2D eigenvalue weighted by Crippen LogP contribution is 2.19. The molecule has 0 saturated carbocycles. The van der Waals surface area contributed by atoms with Gasteiger partial charge >= 0.3 is 0 Å². The van der Waals surface area contributed by atoms with Crippen molar-refractivity contribution >= 4 is 14.0 Å². The molecule has 1 aromatic carbocycles. The fourth-order valence-corrected chi connectivity index (χ4v) is 6.29. The fraction of sp³-hybridized carbons (Fsp3) is 0.571. The summed E-state index contributed by atoms with van der Waals surface area (Å²) < 4.78 is 0. The van der Waals surface area contributed by atoms with E-state index in [9.17, 15) is 0 Å². The van der Waals surface area contributed by atoms with E-state index in [-0.39, 0.29) is 6.61 Å². The van der Waals surface area contributed by atoms with Gasteiger partial charge in [0.25, 0.3) is 0 Å². The first kappa shape index (κ1) is 13.5. The van der Waals surface area contributed by atoms with Crippen molar-refractivity contribution in [2.45, 2.75) is 45.2 Å². The summed E-state index contributed by atoms with van der Waals surface area (Å²) in [5, 5.41) is 10.4. The molecule has 0 heterocycles. The van der Waals surface area contributed by atoms with Crippen LogP contribution in [0.3, 0.4) is 0 Å². The van der Waals surface area contributed by atoms with Gasteiger partial charge in [0.05, 0.1) is 8.80 Å². The topological polar surface area (TPSA) is 20.2 Å². The first-order valence-electron chi connectivity index (χ1n) is 6.26. The summed E-state index contributed by atoms with van der Waals surface area (Å²) >= 11 is 0. The third kappa shape index (κ3) is 3.46. The van der Waals surface area contributed by atoms with E-state index in [2.05, 4.69) is 52.0 Å². The van der Waals surface area contributed by atoms with Crippen molar-refractivity contribution in [1.82, 2.24) is 0 Å². The van der Waals surface area contributed by atoms with E-state index in [1.807, 2.05) is 0 Å². The second-order valence-corrected chi connectivity index (χ2v) is 9.61. The Morgan fingerprint density at radius 2 is 1.50 bits per heavy atom. The Bertz CT molecular complexity index is 295. The van der Waals surface area contributed by atoms with Gasteiger partial charge in [-0.3, -0.25) is 0 Å². The monoisotopic (exact) mass is 236 g/mol. The summed E-state index contributed by atoms with van der Waals surface area (Å²) in [7, 11) is -0.842. The highest BCUT2D eigenvalue weighted by atomic mass is 28.3. The summed E-state index contributed by atoms with van der Waals surface area (Å²) in [6, 6.07) is 8.91. The molecule has 0 bridgehead atoms. The van der Waals surface area contributed by atoms with E-state index in [1.165, 1.54) is 5.56 Å². The van der Waals surface area contributed by atoms with Crippen molar-refractivity contribution in [1.29, 1.82) is 0 Å². The summed E-state index contributed by atoms with van der Waals surface area (Å²) in [5.41, 5.74) is 2.86. The zero-order valence-corrected chi connectivity index (χ0v) is 12.1.